The first kappa shape index (κ1) is 11.8. The first-order chi connectivity index (χ1) is 7.66. The standard InChI is InChI=1S/C9H11BrN2O3S/c10-7-5-16-9(11-7)12-1-2-15-4-6(12)3-8(13)14/h5-6H,1-4H2,(H,13,14). The molecule has 0 spiro atoms. The van der Waals surface area contributed by atoms with Crippen LogP contribution in [0.2, 0.25) is 0 Å². The van der Waals surface area contributed by atoms with Crippen LogP contribution in [0, 0.1) is 0 Å². The molecule has 0 radical (unpaired) electrons. The van der Waals surface area contributed by atoms with Gasteiger partial charge in [0.15, 0.2) is 5.13 Å². The SMILES string of the molecule is O=C(O)CC1COCCN1c1nc(Br)cs1. The molecule has 1 aliphatic rings. The molecule has 1 aliphatic heterocycles. The molecule has 0 aromatic carbocycles. The van der Waals surface area contributed by atoms with Gasteiger partial charge in [0.1, 0.15) is 4.60 Å². The third kappa shape index (κ3) is 2.72. The molecule has 5 nitrogen and oxygen atoms in total. The lowest BCUT2D eigenvalue weighted by atomic mass is 10.2. The van der Waals surface area contributed by atoms with Crippen LogP contribution in [-0.4, -0.2) is 41.9 Å². The Hall–Kier alpha value is -0.660. The zero-order valence-corrected chi connectivity index (χ0v) is 10.8. The molecule has 0 bridgehead atoms. The Morgan fingerprint density at radius 2 is 2.62 bits per heavy atom. The van der Waals surface area contributed by atoms with Crippen LogP contribution >= 0.6 is 27.3 Å². The van der Waals surface area contributed by atoms with Crippen molar-refractivity contribution >= 4 is 38.4 Å². The Bertz CT molecular complexity index is 385. The van der Waals surface area contributed by atoms with E-state index in [0.29, 0.717) is 19.8 Å². The van der Waals surface area contributed by atoms with Crippen molar-refractivity contribution in [1.29, 1.82) is 0 Å². The van der Waals surface area contributed by atoms with Crippen molar-refractivity contribution in [2.24, 2.45) is 0 Å². The molecule has 1 N–H and O–H groups in total. The molecule has 2 heterocycles. The maximum atomic E-state index is 10.7. The number of aliphatic carboxylic acids is 1. The molecular weight excluding hydrogens is 296 g/mol. The zero-order chi connectivity index (χ0) is 11.5. The molecule has 1 aromatic heterocycles. The number of rotatable bonds is 3. The van der Waals surface area contributed by atoms with E-state index in [4.69, 9.17) is 9.84 Å². The van der Waals surface area contributed by atoms with Crippen molar-refractivity contribution in [3.05, 3.63) is 9.98 Å². The Morgan fingerprint density at radius 1 is 1.81 bits per heavy atom. The number of carboxylic acids is 1. The van der Waals surface area contributed by atoms with Crippen molar-refractivity contribution in [2.75, 3.05) is 24.7 Å². The van der Waals surface area contributed by atoms with Crippen LogP contribution in [0.1, 0.15) is 6.42 Å². The summed E-state index contributed by atoms with van der Waals surface area (Å²) in [4.78, 5) is 17.1. The molecule has 88 valence electrons. The Morgan fingerprint density at radius 3 is 3.25 bits per heavy atom. The number of hydrogen-bond donors (Lipinski definition) is 1. The lowest BCUT2D eigenvalue weighted by Crippen LogP contribution is -2.46. The number of anilines is 1. The molecule has 0 amide bonds. The van der Waals surface area contributed by atoms with Gasteiger partial charge < -0.3 is 14.7 Å². The summed E-state index contributed by atoms with van der Waals surface area (Å²) in [6.45, 7) is 1.76. The molecule has 16 heavy (non-hydrogen) atoms. The number of thiazole rings is 1. The molecule has 7 heteroatoms. The van der Waals surface area contributed by atoms with Crippen molar-refractivity contribution in [1.82, 2.24) is 4.98 Å². The predicted octanol–water partition coefficient (Wildman–Crippen LogP) is 1.59. The summed E-state index contributed by atoms with van der Waals surface area (Å²) in [5, 5.41) is 11.6. The molecule has 1 aromatic rings. The van der Waals surface area contributed by atoms with Gasteiger partial charge in [-0.1, -0.05) is 0 Å². The number of nitrogens with zero attached hydrogens (tertiary/aromatic N) is 2. The molecule has 0 saturated carbocycles. The van der Waals surface area contributed by atoms with Crippen LogP contribution in [0.3, 0.4) is 0 Å². The highest BCUT2D eigenvalue weighted by Crippen LogP contribution is 2.27. The minimum absolute atomic E-state index is 0.0806. The van der Waals surface area contributed by atoms with E-state index in [1.165, 1.54) is 11.3 Å². The summed E-state index contributed by atoms with van der Waals surface area (Å²) in [5.74, 6) is -0.809. The van der Waals surface area contributed by atoms with Gasteiger partial charge in [-0.3, -0.25) is 4.79 Å². The Kier molecular flexibility index (Phi) is 3.78. The molecule has 0 aliphatic carbocycles. The van der Waals surface area contributed by atoms with E-state index < -0.39 is 5.97 Å². The lowest BCUT2D eigenvalue weighted by molar-refractivity contribution is -0.138. The minimum atomic E-state index is -0.809. The summed E-state index contributed by atoms with van der Waals surface area (Å²) in [5.41, 5.74) is 0. The fourth-order valence-corrected chi connectivity index (χ4v) is 3.00. The highest BCUT2D eigenvalue weighted by atomic mass is 79.9. The van der Waals surface area contributed by atoms with Crippen LogP contribution in [0.15, 0.2) is 9.98 Å². The van der Waals surface area contributed by atoms with Crippen molar-refractivity contribution < 1.29 is 14.6 Å². The molecule has 1 atom stereocenters. The fraction of sp³-hybridized carbons (Fsp3) is 0.556. The molecule has 1 saturated heterocycles. The summed E-state index contributed by atoms with van der Waals surface area (Å²) in [6, 6.07) is -0.121. The first-order valence-corrected chi connectivity index (χ1v) is 6.51. The second kappa shape index (κ2) is 5.11. The molecule has 1 fully saturated rings. The van der Waals surface area contributed by atoms with Crippen molar-refractivity contribution in [3.63, 3.8) is 0 Å². The van der Waals surface area contributed by atoms with Gasteiger partial charge in [0, 0.05) is 11.9 Å². The summed E-state index contributed by atoms with van der Waals surface area (Å²) in [7, 11) is 0. The van der Waals surface area contributed by atoms with Crippen LogP contribution in [-0.2, 0) is 9.53 Å². The third-order valence-corrected chi connectivity index (χ3v) is 3.93. The predicted molar refractivity (Wildman–Crippen MR) is 64.0 cm³/mol. The fourth-order valence-electron chi connectivity index (χ4n) is 1.65. The topological polar surface area (TPSA) is 62.7 Å². The normalized spacial score (nSPS) is 21.1. The van der Waals surface area contributed by atoms with Gasteiger partial charge in [-0.25, -0.2) is 4.98 Å². The summed E-state index contributed by atoms with van der Waals surface area (Å²) < 4.78 is 6.09. The van der Waals surface area contributed by atoms with Gasteiger partial charge in [0.05, 0.1) is 25.7 Å². The van der Waals surface area contributed by atoms with E-state index in [-0.39, 0.29) is 12.5 Å². The average Bonchev–Trinajstić information content (AvgIpc) is 2.65. The van der Waals surface area contributed by atoms with E-state index in [2.05, 4.69) is 20.9 Å². The van der Waals surface area contributed by atoms with E-state index in [0.717, 1.165) is 9.73 Å². The van der Waals surface area contributed by atoms with Gasteiger partial charge in [0.25, 0.3) is 0 Å². The van der Waals surface area contributed by atoms with Crippen molar-refractivity contribution in [3.8, 4) is 0 Å². The van der Waals surface area contributed by atoms with Gasteiger partial charge in [-0.15, -0.1) is 11.3 Å². The number of hydrogen-bond acceptors (Lipinski definition) is 5. The average molecular weight is 307 g/mol. The summed E-state index contributed by atoms with van der Waals surface area (Å²) >= 11 is 4.80. The van der Waals surface area contributed by atoms with Gasteiger partial charge in [-0.2, -0.15) is 0 Å². The monoisotopic (exact) mass is 306 g/mol. The molecular formula is C9H11BrN2O3S. The van der Waals surface area contributed by atoms with Gasteiger partial charge in [0.2, 0.25) is 0 Å². The highest BCUT2D eigenvalue weighted by molar-refractivity contribution is 9.10. The molecule has 2 rings (SSSR count). The molecule has 1 unspecified atom stereocenters. The maximum absolute atomic E-state index is 10.7. The van der Waals surface area contributed by atoms with Crippen LogP contribution in [0.5, 0.6) is 0 Å². The third-order valence-electron chi connectivity index (χ3n) is 2.35. The van der Waals surface area contributed by atoms with Crippen LogP contribution in [0.4, 0.5) is 5.13 Å². The minimum Gasteiger partial charge on any atom is -0.481 e. The highest BCUT2D eigenvalue weighted by Gasteiger charge is 2.27. The van der Waals surface area contributed by atoms with Crippen molar-refractivity contribution in [2.45, 2.75) is 12.5 Å². The zero-order valence-electron chi connectivity index (χ0n) is 8.43. The van der Waals surface area contributed by atoms with E-state index in [1.807, 2.05) is 10.3 Å². The van der Waals surface area contributed by atoms with E-state index >= 15 is 0 Å². The number of morpholine rings is 1. The Labute approximate surface area is 105 Å². The smallest absolute Gasteiger partial charge is 0.305 e. The van der Waals surface area contributed by atoms with Crippen LogP contribution in [0.25, 0.3) is 0 Å². The first-order valence-electron chi connectivity index (χ1n) is 4.84. The second-order valence-corrected chi connectivity index (χ2v) is 5.12. The quantitative estimate of drug-likeness (QED) is 0.919. The maximum Gasteiger partial charge on any atom is 0.305 e. The Balaban J connectivity index is 2.12. The van der Waals surface area contributed by atoms with E-state index in [1.54, 1.807) is 0 Å². The number of ether oxygens (including phenoxy) is 1. The number of carbonyl (C=O) groups is 1. The second-order valence-electron chi connectivity index (χ2n) is 3.47. The van der Waals surface area contributed by atoms with Gasteiger partial charge >= 0.3 is 5.97 Å². The number of carboxylic acid groups (broad SMARTS) is 1. The van der Waals surface area contributed by atoms with Gasteiger partial charge in [-0.05, 0) is 15.9 Å². The number of aromatic nitrogens is 1. The summed E-state index contributed by atoms with van der Waals surface area (Å²) in [6.07, 6.45) is 0.0806. The largest absolute Gasteiger partial charge is 0.481 e. The lowest BCUT2D eigenvalue weighted by Gasteiger charge is -2.34. The number of halogens is 1. The van der Waals surface area contributed by atoms with Crippen LogP contribution < -0.4 is 4.90 Å². The van der Waals surface area contributed by atoms with E-state index in [9.17, 15) is 4.79 Å².